The fourth-order valence-corrected chi connectivity index (χ4v) is 3.01. The van der Waals surface area contributed by atoms with Crippen molar-refractivity contribution in [3.8, 4) is 5.75 Å². The predicted octanol–water partition coefficient (Wildman–Crippen LogP) is 2.99. The van der Waals surface area contributed by atoms with Gasteiger partial charge in [-0.15, -0.1) is 5.10 Å². The third-order valence-corrected chi connectivity index (χ3v) is 4.17. The summed E-state index contributed by atoms with van der Waals surface area (Å²) in [4.78, 5) is 2.23. The molecule has 0 aliphatic carbocycles. The summed E-state index contributed by atoms with van der Waals surface area (Å²) >= 11 is 0. The van der Waals surface area contributed by atoms with Crippen molar-refractivity contribution in [2.45, 2.75) is 26.6 Å². The fraction of sp³-hybridized carbons (Fsp3) is 0.263. The molecule has 0 amide bonds. The highest BCUT2D eigenvalue weighted by Gasteiger charge is 2.18. The monoisotopic (exact) mass is 320 g/mol. The van der Waals surface area contributed by atoms with Gasteiger partial charge in [0.15, 0.2) is 0 Å². The van der Waals surface area contributed by atoms with Crippen molar-refractivity contribution in [1.82, 2.24) is 19.9 Å². The Bertz CT molecular complexity index is 828. The van der Waals surface area contributed by atoms with Crippen molar-refractivity contribution < 1.29 is 4.74 Å². The zero-order chi connectivity index (χ0) is 16.4. The van der Waals surface area contributed by atoms with Gasteiger partial charge in [-0.3, -0.25) is 4.90 Å². The molecule has 2 heterocycles. The van der Waals surface area contributed by atoms with Crippen LogP contribution in [0.1, 0.15) is 22.4 Å². The first-order valence-electron chi connectivity index (χ1n) is 8.14. The molecule has 1 aliphatic rings. The molecule has 0 unspecified atom stereocenters. The number of aryl methyl sites for hydroxylation is 1. The van der Waals surface area contributed by atoms with Gasteiger partial charge in [0.1, 0.15) is 12.5 Å². The second-order valence-electron chi connectivity index (χ2n) is 6.26. The molecule has 1 aromatic heterocycles. The van der Waals surface area contributed by atoms with Crippen LogP contribution >= 0.6 is 0 Å². The molecule has 0 saturated carbocycles. The molecule has 1 aliphatic heterocycles. The van der Waals surface area contributed by atoms with Crippen LogP contribution in [-0.2, 0) is 19.6 Å². The van der Waals surface area contributed by atoms with Crippen LogP contribution in [0, 0.1) is 6.92 Å². The predicted molar refractivity (Wildman–Crippen MR) is 91.5 cm³/mol. The molecule has 3 aromatic rings. The van der Waals surface area contributed by atoms with Crippen LogP contribution in [0.25, 0.3) is 0 Å². The Labute approximate surface area is 141 Å². The SMILES string of the molecule is Cc1ccc2c(c1)CN(Cc1cn(Cc3ccccc3)nn1)CO2. The van der Waals surface area contributed by atoms with Crippen LogP contribution in [0.15, 0.2) is 54.7 Å². The molecule has 0 bridgehead atoms. The van der Waals surface area contributed by atoms with Crippen LogP contribution in [0.3, 0.4) is 0 Å². The molecule has 0 radical (unpaired) electrons. The van der Waals surface area contributed by atoms with Crippen molar-refractivity contribution in [3.05, 3.63) is 77.1 Å². The largest absolute Gasteiger partial charge is 0.478 e. The number of nitrogens with zero attached hydrogens (tertiary/aromatic N) is 4. The van der Waals surface area contributed by atoms with Gasteiger partial charge in [0.25, 0.3) is 0 Å². The highest BCUT2D eigenvalue weighted by atomic mass is 16.5. The molecule has 4 rings (SSSR count). The molecular weight excluding hydrogens is 300 g/mol. The van der Waals surface area contributed by atoms with Crippen LogP contribution < -0.4 is 4.74 Å². The molecule has 5 heteroatoms. The van der Waals surface area contributed by atoms with E-state index in [4.69, 9.17) is 4.74 Å². The minimum Gasteiger partial charge on any atom is -0.478 e. The maximum absolute atomic E-state index is 5.84. The van der Waals surface area contributed by atoms with Crippen LogP contribution in [0.4, 0.5) is 0 Å². The first-order chi connectivity index (χ1) is 11.8. The molecule has 122 valence electrons. The summed E-state index contributed by atoms with van der Waals surface area (Å²) in [6, 6.07) is 16.6. The quantitative estimate of drug-likeness (QED) is 0.741. The molecule has 24 heavy (non-hydrogen) atoms. The first kappa shape index (κ1) is 14.9. The van der Waals surface area contributed by atoms with Crippen molar-refractivity contribution >= 4 is 0 Å². The topological polar surface area (TPSA) is 43.2 Å². The molecule has 0 saturated heterocycles. The second-order valence-corrected chi connectivity index (χ2v) is 6.26. The van der Waals surface area contributed by atoms with Gasteiger partial charge in [-0.2, -0.15) is 0 Å². The molecule has 0 spiro atoms. The molecule has 0 atom stereocenters. The summed E-state index contributed by atoms with van der Waals surface area (Å²) in [6.45, 7) is 5.05. The van der Waals surface area contributed by atoms with E-state index in [0.29, 0.717) is 6.73 Å². The summed E-state index contributed by atoms with van der Waals surface area (Å²) < 4.78 is 7.72. The van der Waals surface area contributed by atoms with Crippen LogP contribution in [0.5, 0.6) is 5.75 Å². The number of ether oxygens (including phenoxy) is 1. The van der Waals surface area contributed by atoms with Gasteiger partial charge >= 0.3 is 0 Å². The number of hydrogen-bond acceptors (Lipinski definition) is 4. The Balaban J connectivity index is 1.41. The van der Waals surface area contributed by atoms with E-state index in [2.05, 4.69) is 52.5 Å². The van der Waals surface area contributed by atoms with Gasteiger partial charge in [0.05, 0.1) is 18.4 Å². The average molecular weight is 320 g/mol. The van der Waals surface area contributed by atoms with Crippen LogP contribution in [-0.4, -0.2) is 26.6 Å². The maximum atomic E-state index is 5.84. The summed E-state index contributed by atoms with van der Waals surface area (Å²) in [5.41, 5.74) is 4.68. The van der Waals surface area contributed by atoms with Gasteiger partial charge in [-0.1, -0.05) is 53.2 Å². The molecular formula is C19H20N4O. The second kappa shape index (κ2) is 6.45. The zero-order valence-electron chi connectivity index (χ0n) is 13.7. The number of aromatic nitrogens is 3. The van der Waals surface area contributed by atoms with Gasteiger partial charge in [0, 0.05) is 18.7 Å². The maximum Gasteiger partial charge on any atom is 0.142 e. The lowest BCUT2D eigenvalue weighted by atomic mass is 10.1. The summed E-state index contributed by atoms with van der Waals surface area (Å²) in [5.74, 6) is 0.990. The lowest BCUT2D eigenvalue weighted by Gasteiger charge is -2.28. The van der Waals surface area contributed by atoms with Gasteiger partial charge in [-0.25, -0.2) is 4.68 Å². The normalized spacial score (nSPS) is 14.2. The Hall–Kier alpha value is -2.66. The molecule has 2 aromatic carbocycles. The lowest BCUT2D eigenvalue weighted by Crippen LogP contribution is -2.31. The van der Waals surface area contributed by atoms with E-state index >= 15 is 0 Å². The van der Waals surface area contributed by atoms with Crippen molar-refractivity contribution in [2.24, 2.45) is 0 Å². The third-order valence-electron chi connectivity index (χ3n) is 4.17. The van der Waals surface area contributed by atoms with E-state index in [1.807, 2.05) is 29.1 Å². The summed E-state index contributed by atoms with van der Waals surface area (Å²) in [5, 5.41) is 8.53. The molecule has 0 N–H and O–H groups in total. The Morgan fingerprint density at radius 2 is 1.96 bits per heavy atom. The highest BCUT2D eigenvalue weighted by Crippen LogP contribution is 2.26. The minimum atomic E-state index is 0.585. The highest BCUT2D eigenvalue weighted by molar-refractivity contribution is 5.37. The van der Waals surface area contributed by atoms with E-state index in [1.165, 1.54) is 16.7 Å². The number of fused-ring (bicyclic) bond motifs is 1. The fourth-order valence-electron chi connectivity index (χ4n) is 3.01. The smallest absolute Gasteiger partial charge is 0.142 e. The van der Waals surface area contributed by atoms with Crippen LogP contribution in [0.2, 0.25) is 0 Å². The molecule has 5 nitrogen and oxygen atoms in total. The molecule has 0 fully saturated rings. The Kier molecular flexibility index (Phi) is 4.01. The van der Waals surface area contributed by atoms with Crippen molar-refractivity contribution in [1.29, 1.82) is 0 Å². The third kappa shape index (κ3) is 3.31. The Morgan fingerprint density at radius 3 is 2.83 bits per heavy atom. The van der Waals surface area contributed by atoms with Crippen molar-refractivity contribution in [3.63, 3.8) is 0 Å². The Morgan fingerprint density at radius 1 is 1.08 bits per heavy atom. The minimum absolute atomic E-state index is 0.585. The van der Waals surface area contributed by atoms with E-state index < -0.39 is 0 Å². The number of benzene rings is 2. The van der Waals surface area contributed by atoms with Gasteiger partial charge in [0.2, 0.25) is 0 Å². The van der Waals surface area contributed by atoms with Gasteiger partial charge < -0.3 is 4.74 Å². The first-order valence-corrected chi connectivity index (χ1v) is 8.14. The van der Waals surface area contributed by atoms with E-state index in [-0.39, 0.29) is 0 Å². The number of hydrogen-bond donors (Lipinski definition) is 0. The van der Waals surface area contributed by atoms with E-state index in [1.54, 1.807) is 0 Å². The zero-order valence-corrected chi connectivity index (χ0v) is 13.7. The van der Waals surface area contributed by atoms with E-state index in [9.17, 15) is 0 Å². The standard InChI is InChI=1S/C19H20N4O/c1-15-7-8-19-17(9-15)11-22(14-24-19)12-18-13-23(21-20-18)10-16-5-3-2-4-6-16/h2-9,13H,10-12,14H2,1H3. The summed E-state index contributed by atoms with van der Waals surface area (Å²) in [6.07, 6.45) is 2.01. The van der Waals surface area contributed by atoms with E-state index in [0.717, 1.165) is 31.1 Å². The number of rotatable bonds is 4. The van der Waals surface area contributed by atoms with Gasteiger partial charge in [-0.05, 0) is 18.6 Å². The van der Waals surface area contributed by atoms with Crippen molar-refractivity contribution in [2.75, 3.05) is 6.73 Å². The average Bonchev–Trinajstić information content (AvgIpc) is 3.02. The summed E-state index contributed by atoms with van der Waals surface area (Å²) in [7, 11) is 0. The lowest BCUT2D eigenvalue weighted by molar-refractivity contribution is 0.0875.